The number of para-hydroxylation sites is 2. The first kappa shape index (κ1) is 20.5. The third-order valence-electron chi connectivity index (χ3n) is 4.46. The molecule has 0 atom stereocenters. The lowest BCUT2D eigenvalue weighted by Crippen LogP contribution is -2.32. The third-order valence-corrected chi connectivity index (χ3v) is 6.09. The van der Waals surface area contributed by atoms with Crippen molar-refractivity contribution in [2.24, 2.45) is 0 Å². The number of carbonyl (C=O) groups excluding carboxylic acids is 2. The summed E-state index contributed by atoms with van der Waals surface area (Å²) in [7, 11) is 0. The average molecular weight is 459 g/mol. The number of halogens is 2. The third kappa shape index (κ3) is 3.69. The minimum absolute atomic E-state index is 0.181. The summed E-state index contributed by atoms with van der Waals surface area (Å²) >= 11 is 13.5. The Hall–Kier alpha value is -2.80. The van der Waals surface area contributed by atoms with Crippen LogP contribution in [0, 0.1) is 0 Å². The molecule has 0 radical (unpaired) electrons. The van der Waals surface area contributed by atoms with Crippen LogP contribution in [0.3, 0.4) is 0 Å². The fraction of sp³-hybridized carbons (Fsp3) is 0.0909. The van der Waals surface area contributed by atoms with Crippen molar-refractivity contribution < 1.29 is 14.3 Å². The highest BCUT2D eigenvalue weighted by Gasteiger charge is 2.41. The van der Waals surface area contributed by atoms with Crippen LogP contribution in [-0.2, 0) is 9.59 Å². The van der Waals surface area contributed by atoms with Gasteiger partial charge in [-0.05, 0) is 48.7 Å². The molecule has 0 aliphatic carbocycles. The maximum Gasteiger partial charge on any atom is 0.282 e. The highest BCUT2D eigenvalue weighted by molar-refractivity contribution is 7.11. The number of rotatable bonds is 6. The quantitative estimate of drug-likeness (QED) is 0.470. The normalized spacial score (nSPS) is 13.9. The molecule has 0 fully saturated rings. The number of ether oxygens (including phenoxy) is 1. The number of anilines is 2. The second-order valence-corrected chi connectivity index (χ2v) is 8.09. The van der Waals surface area contributed by atoms with E-state index in [1.54, 1.807) is 30.3 Å². The first-order chi connectivity index (χ1) is 14.5. The van der Waals surface area contributed by atoms with Gasteiger partial charge in [0.25, 0.3) is 11.8 Å². The Morgan fingerprint density at radius 1 is 1.00 bits per heavy atom. The number of carbonyl (C=O) groups is 2. The van der Waals surface area contributed by atoms with Gasteiger partial charge in [0, 0.05) is 4.88 Å². The lowest BCUT2D eigenvalue weighted by molar-refractivity contribution is -0.120. The summed E-state index contributed by atoms with van der Waals surface area (Å²) in [6.07, 6.45) is 0. The minimum atomic E-state index is -0.479. The van der Waals surface area contributed by atoms with Gasteiger partial charge >= 0.3 is 0 Å². The van der Waals surface area contributed by atoms with E-state index in [4.69, 9.17) is 27.9 Å². The summed E-state index contributed by atoms with van der Waals surface area (Å²) in [6, 6.07) is 15.6. The molecule has 0 saturated heterocycles. The molecule has 2 aromatic carbocycles. The lowest BCUT2D eigenvalue weighted by Gasteiger charge is -2.16. The Morgan fingerprint density at radius 3 is 2.50 bits per heavy atom. The zero-order chi connectivity index (χ0) is 21.3. The van der Waals surface area contributed by atoms with Gasteiger partial charge in [0.05, 0.1) is 33.6 Å². The van der Waals surface area contributed by atoms with Gasteiger partial charge < -0.3 is 10.1 Å². The predicted octanol–water partition coefficient (Wildman–Crippen LogP) is 5.85. The number of thiophene rings is 1. The molecule has 0 bridgehead atoms. The molecule has 2 amide bonds. The van der Waals surface area contributed by atoms with Crippen molar-refractivity contribution in [2.45, 2.75) is 6.92 Å². The molecule has 4 rings (SSSR count). The SMILES string of the molecule is CCOc1ccccc1NC1=C(c2cccs2)C(=O)N(c2ccc(Cl)c(Cl)c2)C1=O. The lowest BCUT2D eigenvalue weighted by atomic mass is 10.1. The first-order valence-corrected chi connectivity index (χ1v) is 10.8. The van der Waals surface area contributed by atoms with Crippen LogP contribution in [-0.4, -0.2) is 18.4 Å². The first-order valence-electron chi connectivity index (χ1n) is 9.12. The van der Waals surface area contributed by atoms with E-state index in [0.717, 1.165) is 4.90 Å². The van der Waals surface area contributed by atoms with Crippen LogP contribution < -0.4 is 15.0 Å². The van der Waals surface area contributed by atoms with Crippen LogP contribution in [0.15, 0.2) is 65.7 Å². The number of hydrogen-bond donors (Lipinski definition) is 1. The van der Waals surface area contributed by atoms with Crippen LogP contribution >= 0.6 is 34.5 Å². The van der Waals surface area contributed by atoms with Gasteiger partial charge in [-0.1, -0.05) is 41.4 Å². The fourth-order valence-corrected chi connectivity index (χ4v) is 4.20. The maximum absolute atomic E-state index is 13.4. The molecule has 1 aliphatic rings. The van der Waals surface area contributed by atoms with Crippen LogP contribution in [0.2, 0.25) is 10.0 Å². The largest absolute Gasteiger partial charge is 0.492 e. The Balaban J connectivity index is 1.80. The van der Waals surface area contributed by atoms with Gasteiger partial charge in [0.2, 0.25) is 0 Å². The predicted molar refractivity (Wildman–Crippen MR) is 121 cm³/mol. The van der Waals surface area contributed by atoms with Crippen molar-refractivity contribution in [3.8, 4) is 5.75 Å². The summed E-state index contributed by atoms with van der Waals surface area (Å²) in [6.45, 7) is 2.35. The Morgan fingerprint density at radius 2 is 1.80 bits per heavy atom. The molecular weight excluding hydrogens is 443 g/mol. The molecule has 0 saturated carbocycles. The van der Waals surface area contributed by atoms with Crippen LogP contribution in [0.4, 0.5) is 11.4 Å². The summed E-state index contributed by atoms with van der Waals surface area (Å²) in [5, 5.41) is 5.59. The van der Waals surface area contributed by atoms with Gasteiger partial charge in [-0.15, -0.1) is 11.3 Å². The van der Waals surface area contributed by atoms with Gasteiger partial charge in [-0.3, -0.25) is 9.59 Å². The number of nitrogens with one attached hydrogen (secondary N) is 1. The topological polar surface area (TPSA) is 58.6 Å². The second-order valence-electron chi connectivity index (χ2n) is 6.33. The highest BCUT2D eigenvalue weighted by atomic mass is 35.5. The van der Waals surface area contributed by atoms with E-state index in [1.807, 2.05) is 30.5 Å². The molecule has 3 aromatic rings. The Labute approximate surface area is 187 Å². The van der Waals surface area contributed by atoms with Gasteiger partial charge in [-0.25, -0.2) is 4.90 Å². The molecule has 5 nitrogen and oxygen atoms in total. The zero-order valence-corrected chi connectivity index (χ0v) is 18.1. The van der Waals surface area contributed by atoms with Crippen molar-refractivity contribution >= 4 is 63.3 Å². The number of imide groups is 1. The molecule has 0 spiro atoms. The van der Waals surface area contributed by atoms with Crippen molar-refractivity contribution in [3.63, 3.8) is 0 Å². The molecular formula is C22H16Cl2N2O3S. The summed E-state index contributed by atoms with van der Waals surface area (Å²) in [5.74, 6) is -0.323. The molecule has 30 heavy (non-hydrogen) atoms. The fourth-order valence-electron chi connectivity index (χ4n) is 3.14. The van der Waals surface area contributed by atoms with E-state index < -0.39 is 11.8 Å². The summed E-state index contributed by atoms with van der Waals surface area (Å²) < 4.78 is 5.65. The summed E-state index contributed by atoms with van der Waals surface area (Å²) in [5.41, 5.74) is 1.43. The Bertz CT molecular complexity index is 1160. The number of nitrogens with zero attached hydrogens (tertiary/aromatic N) is 1. The monoisotopic (exact) mass is 458 g/mol. The molecule has 1 N–H and O–H groups in total. The van der Waals surface area contributed by atoms with Crippen molar-refractivity contribution in [3.05, 3.63) is 80.6 Å². The number of benzene rings is 2. The smallest absolute Gasteiger partial charge is 0.282 e. The van der Waals surface area contributed by atoms with Crippen LogP contribution in [0.5, 0.6) is 5.75 Å². The average Bonchev–Trinajstić information content (AvgIpc) is 3.33. The van der Waals surface area contributed by atoms with Crippen LogP contribution in [0.1, 0.15) is 11.8 Å². The van der Waals surface area contributed by atoms with Gasteiger partial charge in [0.1, 0.15) is 11.4 Å². The van der Waals surface area contributed by atoms with E-state index in [1.165, 1.54) is 17.4 Å². The van der Waals surface area contributed by atoms with E-state index in [9.17, 15) is 9.59 Å². The molecule has 152 valence electrons. The number of amides is 2. The summed E-state index contributed by atoms with van der Waals surface area (Å²) in [4.78, 5) is 28.5. The van der Waals surface area contributed by atoms with E-state index in [-0.39, 0.29) is 10.7 Å². The van der Waals surface area contributed by atoms with E-state index in [2.05, 4.69) is 5.32 Å². The molecule has 0 unspecified atom stereocenters. The number of hydrogen-bond acceptors (Lipinski definition) is 5. The maximum atomic E-state index is 13.4. The van der Waals surface area contributed by atoms with Crippen molar-refractivity contribution in [2.75, 3.05) is 16.8 Å². The standard InChI is InChI=1S/C22H16Cl2N2O3S/c1-2-29-17-7-4-3-6-16(17)25-20-19(18-8-5-11-30-18)21(27)26(22(20)28)13-9-10-14(23)15(24)12-13/h3-12,25H,2H2,1H3. The molecule has 2 heterocycles. The van der Waals surface area contributed by atoms with Crippen molar-refractivity contribution in [1.82, 2.24) is 0 Å². The van der Waals surface area contributed by atoms with Gasteiger partial charge in [0.15, 0.2) is 0 Å². The highest BCUT2D eigenvalue weighted by Crippen LogP contribution is 2.38. The molecule has 8 heteroatoms. The van der Waals surface area contributed by atoms with E-state index in [0.29, 0.717) is 39.2 Å². The van der Waals surface area contributed by atoms with Crippen LogP contribution in [0.25, 0.3) is 5.57 Å². The minimum Gasteiger partial charge on any atom is -0.492 e. The Kier molecular flexibility index (Phi) is 5.81. The second kappa shape index (κ2) is 8.52. The molecule has 1 aromatic heterocycles. The molecule has 1 aliphatic heterocycles. The zero-order valence-electron chi connectivity index (χ0n) is 15.8. The van der Waals surface area contributed by atoms with Crippen molar-refractivity contribution in [1.29, 1.82) is 0 Å². The van der Waals surface area contributed by atoms with E-state index >= 15 is 0 Å². The van der Waals surface area contributed by atoms with Gasteiger partial charge in [-0.2, -0.15) is 0 Å².